The first-order valence-electron chi connectivity index (χ1n) is 5.59. The van der Waals surface area contributed by atoms with Crippen LogP contribution in [0.3, 0.4) is 0 Å². The van der Waals surface area contributed by atoms with Crippen LogP contribution in [-0.2, 0) is 16.2 Å². The molecule has 0 bridgehead atoms. The first kappa shape index (κ1) is 14.2. The molecule has 0 radical (unpaired) electrons. The lowest BCUT2D eigenvalue weighted by molar-refractivity contribution is 0.155. The van der Waals surface area contributed by atoms with Gasteiger partial charge in [0.25, 0.3) is 0 Å². The Morgan fingerprint density at radius 1 is 1.22 bits per heavy atom. The van der Waals surface area contributed by atoms with Gasteiger partial charge in [-0.15, -0.1) is 0 Å². The summed E-state index contributed by atoms with van der Waals surface area (Å²) in [5, 5.41) is 15.4. The van der Waals surface area contributed by atoms with Gasteiger partial charge in [-0.1, -0.05) is 34.6 Å². The molecule has 0 fully saturated rings. The van der Waals surface area contributed by atoms with Gasteiger partial charge in [0, 0.05) is 0 Å². The Morgan fingerprint density at radius 3 is 2.44 bits per heavy atom. The molecule has 0 aliphatic heterocycles. The quantitative estimate of drug-likeness (QED) is 0.479. The molecular weight excluding hydrogens is 232 g/mol. The highest BCUT2D eigenvalue weighted by molar-refractivity contribution is 5.98. The van der Waals surface area contributed by atoms with Gasteiger partial charge in [-0.2, -0.15) is 0 Å². The van der Waals surface area contributed by atoms with E-state index in [0.29, 0.717) is 18.9 Å². The third kappa shape index (κ3) is 4.55. The molecule has 0 heterocycles. The third-order valence-electron chi connectivity index (χ3n) is 2.35. The van der Waals surface area contributed by atoms with E-state index in [2.05, 4.69) is 10.3 Å². The van der Waals surface area contributed by atoms with Gasteiger partial charge in [0.15, 0.2) is 0 Å². The SMILES string of the molecule is CO/N=C(\C)c1ccc(COC/C(C)=N/O)cc1. The first-order chi connectivity index (χ1) is 8.67. The molecule has 18 heavy (non-hydrogen) atoms. The molecule has 0 atom stereocenters. The smallest absolute Gasteiger partial charge is 0.106 e. The highest BCUT2D eigenvalue weighted by atomic mass is 16.6. The largest absolute Gasteiger partial charge is 0.411 e. The Hall–Kier alpha value is -1.88. The van der Waals surface area contributed by atoms with E-state index < -0.39 is 0 Å². The monoisotopic (exact) mass is 250 g/mol. The van der Waals surface area contributed by atoms with E-state index in [1.165, 1.54) is 7.11 Å². The van der Waals surface area contributed by atoms with Crippen molar-refractivity contribution in [3.8, 4) is 0 Å². The summed E-state index contributed by atoms with van der Waals surface area (Å²) in [4.78, 5) is 4.72. The molecule has 0 unspecified atom stereocenters. The first-order valence-corrected chi connectivity index (χ1v) is 5.59. The van der Waals surface area contributed by atoms with Crippen LogP contribution in [0.15, 0.2) is 34.6 Å². The van der Waals surface area contributed by atoms with E-state index in [9.17, 15) is 0 Å². The van der Waals surface area contributed by atoms with Crippen molar-refractivity contribution < 1.29 is 14.8 Å². The Bertz CT molecular complexity index is 424. The molecule has 1 rings (SSSR count). The number of nitrogens with zero attached hydrogens (tertiary/aromatic N) is 2. The summed E-state index contributed by atoms with van der Waals surface area (Å²) in [6.45, 7) is 4.39. The van der Waals surface area contributed by atoms with Gasteiger partial charge in [0.1, 0.15) is 7.11 Å². The van der Waals surface area contributed by atoms with Gasteiger partial charge in [0.05, 0.1) is 24.6 Å². The fraction of sp³-hybridized carbons (Fsp3) is 0.385. The zero-order valence-corrected chi connectivity index (χ0v) is 10.9. The van der Waals surface area contributed by atoms with Crippen molar-refractivity contribution in [2.75, 3.05) is 13.7 Å². The highest BCUT2D eigenvalue weighted by Crippen LogP contribution is 2.07. The average Bonchev–Trinajstić information content (AvgIpc) is 2.39. The normalized spacial score (nSPS) is 12.6. The molecule has 1 aromatic carbocycles. The summed E-state index contributed by atoms with van der Waals surface area (Å²) in [5.74, 6) is 0. The molecule has 5 heteroatoms. The van der Waals surface area contributed by atoms with E-state index in [1.54, 1.807) is 6.92 Å². The van der Waals surface area contributed by atoms with Crippen LogP contribution in [0, 0.1) is 0 Å². The predicted molar refractivity (Wildman–Crippen MR) is 70.2 cm³/mol. The van der Waals surface area contributed by atoms with Gasteiger partial charge in [-0.05, 0) is 25.0 Å². The van der Waals surface area contributed by atoms with Crippen LogP contribution in [0.2, 0.25) is 0 Å². The Kier molecular flexibility index (Phi) is 5.87. The van der Waals surface area contributed by atoms with Crippen molar-refractivity contribution in [1.29, 1.82) is 0 Å². The van der Waals surface area contributed by atoms with Crippen molar-refractivity contribution >= 4 is 11.4 Å². The molecule has 0 aliphatic rings. The second-order valence-corrected chi connectivity index (χ2v) is 3.88. The second kappa shape index (κ2) is 7.45. The third-order valence-corrected chi connectivity index (χ3v) is 2.35. The molecular formula is C13H18N2O3. The van der Waals surface area contributed by atoms with Gasteiger partial charge < -0.3 is 14.8 Å². The molecule has 0 aromatic heterocycles. The summed E-state index contributed by atoms with van der Waals surface area (Å²) in [5.41, 5.74) is 3.44. The number of benzene rings is 1. The minimum atomic E-state index is 0.322. The fourth-order valence-electron chi connectivity index (χ4n) is 1.38. The number of oxime groups is 2. The zero-order chi connectivity index (χ0) is 13.4. The molecule has 1 N–H and O–H groups in total. The lowest BCUT2D eigenvalue weighted by Gasteiger charge is -2.05. The van der Waals surface area contributed by atoms with E-state index in [-0.39, 0.29) is 0 Å². The maximum atomic E-state index is 8.46. The molecule has 0 spiro atoms. The van der Waals surface area contributed by atoms with Crippen LogP contribution in [0.4, 0.5) is 0 Å². The summed E-state index contributed by atoms with van der Waals surface area (Å²) < 4.78 is 5.37. The van der Waals surface area contributed by atoms with Crippen molar-refractivity contribution in [2.45, 2.75) is 20.5 Å². The van der Waals surface area contributed by atoms with Crippen LogP contribution >= 0.6 is 0 Å². The van der Waals surface area contributed by atoms with Crippen LogP contribution in [0.1, 0.15) is 25.0 Å². The average molecular weight is 250 g/mol. The topological polar surface area (TPSA) is 63.4 Å². The molecule has 0 saturated carbocycles. The van der Waals surface area contributed by atoms with Crippen molar-refractivity contribution in [3.63, 3.8) is 0 Å². The van der Waals surface area contributed by atoms with Crippen molar-refractivity contribution in [3.05, 3.63) is 35.4 Å². The lowest BCUT2D eigenvalue weighted by atomic mass is 10.1. The number of rotatable bonds is 6. The maximum absolute atomic E-state index is 8.46. The molecule has 98 valence electrons. The van der Waals surface area contributed by atoms with E-state index in [1.807, 2.05) is 31.2 Å². The van der Waals surface area contributed by atoms with Gasteiger partial charge in [-0.3, -0.25) is 0 Å². The van der Waals surface area contributed by atoms with Crippen LogP contribution < -0.4 is 0 Å². The fourth-order valence-corrected chi connectivity index (χ4v) is 1.38. The number of hydrogen-bond acceptors (Lipinski definition) is 5. The lowest BCUT2D eigenvalue weighted by Crippen LogP contribution is -2.04. The van der Waals surface area contributed by atoms with Gasteiger partial charge >= 0.3 is 0 Å². The summed E-state index contributed by atoms with van der Waals surface area (Å²) in [7, 11) is 1.52. The summed E-state index contributed by atoms with van der Waals surface area (Å²) >= 11 is 0. The van der Waals surface area contributed by atoms with E-state index in [4.69, 9.17) is 14.8 Å². The molecule has 5 nitrogen and oxygen atoms in total. The Morgan fingerprint density at radius 2 is 1.89 bits per heavy atom. The Balaban J connectivity index is 2.53. The maximum Gasteiger partial charge on any atom is 0.106 e. The minimum absolute atomic E-state index is 0.322. The van der Waals surface area contributed by atoms with E-state index >= 15 is 0 Å². The number of ether oxygens (including phenoxy) is 1. The molecule has 1 aromatic rings. The van der Waals surface area contributed by atoms with Gasteiger partial charge in [0.2, 0.25) is 0 Å². The molecule has 0 amide bonds. The van der Waals surface area contributed by atoms with E-state index in [0.717, 1.165) is 16.8 Å². The summed E-state index contributed by atoms with van der Waals surface area (Å²) in [6, 6.07) is 7.86. The standard InChI is InChI=1S/C13H18N2O3/c1-10(14-16)8-18-9-12-4-6-13(7-5-12)11(2)15-17-3/h4-7,16H,8-9H2,1-3H3/b14-10+,15-11+. The number of hydrogen-bond donors (Lipinski definition) is 1. The minimum Gasteiger partial charge on any atom is -0.411 e. The van der Waals surface area contributed by atoms with Crippen LogP contribution in [0.5, 0.6) is 0 Å². The highest BCUT2D eigenvalue weighted by Gasteiger charge is 1.99. The van der Waals surface area contributed by atoms with Crippen molar-refractivity contribution in [1.82, 2.24) is 0 Å². The second-order valence-electron chi connectivity index (χ2n) is 3.88. The van der Waals surface area contributed by atoms with Crippen molar-refractivity contribution in [2.24, 2.45) is 10.3 Å². The Labute approximate surface area is 107 Å². The van der Waals surface area contributed by atoms with Crippen LogP contribution in [-0.4, -0.2) is 30.3 Å². The predicted octanol–water partition coefficient (Wildman–Crippen LogP) is 2.42. The zero-order valence-electron chi connectivity index (χ0n) is 10.9. The van der Waals surface area contributed by atoms with Gasteiger partial charge in [-0.25, -0.2) is 0 Å². The summed E-state index contributed by atoms with van der Waals surface area (Å²) in [6.07, 6.45) is 0. The molecule has 0 saturated heterocycles. The molecule has 0 aliphatic carbocycles. The van der Waals surface area contributed by atoms with Crippen LogP contribution in [0.25, 0.3) is 0 Å².